The topological polar surface area (TPSA) is 96.2 Å². The fraction of sp³-hybridized carbons (Fsp3) is 0.333. The maximum atomic E-state index is 13.0. The van der Waals surface area contributed by atoms with Crippen LogP contribution in [0.2, 0.25) is 0 Å². The average molecular weight is 410 g/mol. The highest BCUT2D eigenvalue weighted by molar-refractivity contribution is 6.22. The number of non-ortho nitro benzene ring substituents is 1. The van der Waals surface area contributed by atoms with E-state index in [-0.39, 0.29) is 23.9 Å². The molecule has 2 heterocycles. The van der Waals surface area contributed by atoms with Crippen molar-refractivity contribution in [2.75, 3.05) is 43.1 Å². The van der Waals surface area contributed by atoms with Gasteiger partial charge in [0.1, 0.15) is 5.75 Å². The summed E-state index contributed by atoms with van der Waals surface area (Å²) in [6.07, 6.45) is 0.169. The molecule has 2 fully saturated rings. The SMILES string of the molecule is COc1ccc(N2C(=O)CC(N3CCN(c4ccc([N+](=O)[O-])cc4)CC3)C2=O)cc1. The van der Waals surface area contributed by atoms with E-state index >= 15 is 0 Å². The summed E-state index contributed by atoms with van der Waals surface area (Å²) in [7, 11) is 1.56. The number of benzene rings is 2. The molecule has 0 N–H and O–H groups in total. The number of methoxy groups -OCH3 is 1. The molecule has 0 aromatic heterocycles. The molecule has 1 unspecified atom stereocenters. The fourth-order valence-electron chi connectivity index (χ4n) is 3.98. The predicted octanol–water partition coefficient (Wildman–Crippen LogP) is 2.06. The summed E-state index contributed by atoms with van der Waals surface area (Å²) in [6, 6.07) is 12.9. The second-order valence-electron chi connectivity index (χ2n) is 7.28. The number of hydrogen-bond donors (Lipinski definition) is 0. The van der Waals surface area contributed by atoms with Crippen molar-refractivity contribution in [2.45, 2.75) is 12.5 Å². The van der Waals surface area contributed by atoms with Crippen LogP contribution in [0.1, 0.15) is 6.42 Å². The monoisotopic (exact) mass is 410 g/mol. The maximum absolute atomic E-state index is 13.0. The highest BCUT2D eigenvalue weighted by Gasteiger charge is 2.43. The van der Waals surface area contributed by atoms with Gasteiger partial charge in [-0.1, -0.05) is 0 Å². The molecule has 2 aromatic carbocycles. The Morgan fingerprint density at radius 3 is 2.10 bits per heavy atom. The molecule has 2 saturated heterocycles. The van der Waals surface area contributed by atoms with Crippen LogP contribution < -0.4 is 14.5 Å². The number of piperazine rings is 1. The van der Waals surface area contributed by atoms with Gasteiger partial charge in [-0.05, 0) is 36.4 Å². The molecule has 9 nitrogen and oxygen atoms in total. The van der Waals surface area contributed by atoms with E-state index < -0.39 is 11.0 Å². The second-order valence-corrected chi connectivity index (χ2v) is 7.28. The van der Waals surface area contributed by atoms with Crippen molar-refractivity contribution in [1.29, 1.82) is 0 Å². The van der Waals surface area contributed by atoms with Crippen LogP contribution in [0.5, 0.6) is 5.75 Å². The Morgan fingerprint density at radius 2 is 1.53 bits per heavy atom. The zero-order valence-electron chi connectivity index (χ0n) is 16.6. The van der Waals surface area contributed by atoms with Gasteiger partial charge in [0.05, 0.1) is 30.2 Å². The number of rotatable bonds is 5. The first-order valence-corrected chi connectivity index (χ1v) is 9.72. The number of amides is 2. The molecule has 0 bridgehead atoms. The Labute approximate surface area is 173 Å². The van der Waals surface area contributed by atoms with Crippen LogP contribution in [0.15, 0.2) is 48.5 Å². The number of nitro groups is 1. The Balaban J connectivity index is 1.40. The second kappa shape index (κ2) is 8.11. The molecule has 2 amide bonds. The zero-order chi connectivity index (χ0) is 21.3. The smallest absolute Gasteiger partial charge is 0.269 e. The van der Waals surface area contributed by atoms with Crippen LogP contribution in [0.3, 0.4) is 0 Å². The third kappa shape index (κ3) is 3.71. The number of nitrogens with zero attached hydrogens (tertiary/aromatic N) is 4. The quantitative estimate of drug-likeness (QED) is 0.423. The normalized spacial score (nSPS) is 20.0. The van der Waals surface area contributed by atoms with Gasteiger partial charge < -0.3 is 9.64 Å². The molecule has 2 aliphatic rings. The van der Waals surface area contributed by atoms with Gasteiger partial charge >= 0.3 is 0 Å². The first-order valence-electron chi connectivity index (χ1n) is 9.72. The van der Waals surface area contributed by atoms with Crippen LogP contribution in [0, 0.1) is 10.1 Å². The number of hydrogen-bond acceptors (Lipinski definition) is 7. The Bertz CT molecular complexity index is 952. The van der Waals surface area contributed by atoms with Crippen LogP contribution in [0.25, 0.3) is 0 Å². The summed E-state index contributed by atoms with van der Waals surface area (Å²) in [5.41, 5.74) is 1.53. The van der Waals surface area contributed by atoms with Crippen molar-refractivity contribution in [2.24, 2.45) is 0 Å². The van der Waals surface area contributed by atoms with Crippen molar-refractivity contribution < 1.29 is 19.2 Å². The molecule has 0 spiro atoms. The molecule has 9 heteroatoms. The molecule has 30 heavy (non-hydrogen) atoms. The molecule has 2 aromatic rings. The summed E-state index contributed by atoms with van der Waals surface area (Å²) in [5.74, 6) is 0.263. The van der Waals surface area contributed by atoms with Crippen molar-refractivity contribution in [1.82, 2.24) is 4.90 Å². The van der Waals surface area contributed by atoms with E-state index in [0.717, 1.165) is 5.69 Å². The van der Waals surface area contributed by atoms with Gasteiger partial charge in [0.25, 0.3) is 11.6 Å². The number of ether oxygens (including phenoxy) is 1. The molecular formula is C21H22N4O5. The van der Waals surface area contributed by atoms with Crippen molar-refractivity contribution >= 4 is 28.9 Å². The van der Waals surface area contributed by atoms with E-state index in [1.807, 2.05) is 4.90 Å². The van der Waals surface area contributed by atoms with Gasteiger partial charge in [-0.15, -0.1) is 0 Å². The van der Waals surface area contributed by atoms with Gasteiger partial charge in [-0.25, -0.2) is 4.90 Å². The number of carbonyl (C=O) groups is 2. The molecule has 0 aliphatic carbocycles. The minimum Gasteiger partial charge on any atom is -0.497 e. The number of carbonyl (C=O) groups excluding carboxylic acids is 2. The largest absolute Gasteiger partial charge is 0.497 e. The first kappa shape index (κ1) is 19.8. The van der Waals surface area contributed by atoms with E-state index in [0.29, 0.717) is 37.6 Å². The molecule has 2 aliphatic heterocycles. The van der Waals surface area contributed by atoms with E-state index in [9.17, 15) is 19.7 Å². The van der Waals surface area contributed by atoms with Gasteiger partial charge in [0.2, 0.25) is 5.91 Å². The Hall–Kier alpha value is -3.46. The van der Waals surface area contributed by atoms with E-state index in [1.54, 1.807) is 43.5 Å². The summed E-state index contributed by atoms with van der Waals surface area (Å²) < 4.78 is 5.13. The van der Waals surface area contributed by atoms with Crippen molar-refractivity contribution in [3.8, 4) is 5.75 Å². The summed E-state index contributed by atoms with van der Waals surface area (Å²) in [4.78, 5) is 41.4. The van der Waals surface area contributed by atoms with Crippen molar-refractivity contribution in [3.05, 3.63) is 58.6 Å². The fourth-order valence-corrected chi connectivity index (χ4v) is 3.98. The predicted molar refractivity (Wildman–Crippen MR) is 111 cm³/mol. The van der Waals surface area contributed by atoms with E-state index in [1.165, 1.54) is 17.0 Å². The highest BCUT2D eigenvalue weighted by Crippen LogP contribution is 2.28. The van der Waals surface area contributed by atoms with Crippen LogP contribution >= 0.6 is 0 Å². The Morgan fingerprint density at radius 1 is 0.933 bits per heavy atom. The summed E-state index contributed by atoms with van der Waals surface area (Å²) >= 11 is 0. The molecule has 1 atom stereocenters. The van der Waals surface area contributed by atoms with Crippen LogP contribution in [-0.4, -0.2) is 61.0 Å². The number of imide groups is 1. The molecule has 0 saturated carbocycles. The van der Waals surface area contributed by atoms with Gasteiger partial charge in [0, 0.05) is 44.0 Å². The summed E-state index contributed by atoms with van der Waals surface area (Å²) in [5, 5.41) is 10.8. The summed E-state index contributed by atoms with van der Waals surface area (Å²) in [6.45, 7) is 2.63. The first-order chi connectivity index (χ1) is 14.5. The highest BCUT2D eigenvalue weighted by atomic mass is 16.6. The zero-order valence-corrected chi connectivity index (χ0v) is 16.6. The lowest BCUT2D eigenvalue weighted by atomic mass is 10.1. The van der Waals surface area contributed by atoms with Gasteiger partial charge in [-0.2, -0.15) is 0 Å². The minimum atomic E-state index is -0.460. The van der Waals surface area contributed by atoms with E-state index in [2.05, 4.69) is 4.90 Å². The maximum Gasteiger partial charge on any atom is 0.269 e. The lowest BCUT2D eigenvalue weighted by Gasteiger charge is -2.38. The number of anilines is 2. The molecule has 0 radical (unpaired) electrons. The lowest BCUT2D eigenvalue weighted by molar-refractivity contribution is -0.384. The third-order valence-corrected chi connectivity index (χ3v) is 5.63. The van der Waals surface area contributed by atoms with Crippen LogP contribution in [-0.2, 0) is 9.59 Å². The third-order valence-electron chi connectivity index (χ3n) is 5.63. The van der Waals surface area contributed by atoms with Crippen LogP contribution in [0.4, 0.5) is 17.1 Å². The average Bonchev–Trinajstić information content (AvgIpc) is 3.08. The molecule has 4 rings (SSSR count). The van der Waals surface area contributed by atoms with Crippen molar-refractivity contribution in [3.63, 3.8) is 0 Å². The van der Waals surface area contributed by atoms with Gasteiger partial charge in [-0.3, -0.25) is 24.6 Å². The standard InChI is InChI=1S/C21H22N4O5/c1-30-18-8-6-16(7-9-18)24-20(26)14-19(21(24)27)23-12-10-22(11-13-23)15-2-4-17(5-3-15)25(28)29/h2-9,19H,10-14H2,1H3. The number of nitro benzene ring substituents is 1. The van der Waals surface area contributed by atoms with Gasteiger partial charge in [0.15, 0.2) is 0 Å². The Kier molecular flexibility index (Phi) is 5.37. The molecule has 156 valence electrons. The van der Waals surface area contributed by atoms with E-state index in [4.69, 9.17) is 4.74 Å². The lowest BCUT2D eigenvalue weighted by Crippen LogP contribution is -2.52. The minimum absolute atomic E-state index is 0.0612. The molecular weight excluding hydrogens is 388 g/mol.